The molecular weight excluding hydrogens is 415 g/mol. The number of carbonyl (C=O) groups is 1. The van der Waals surface area contributed by atoms with Gasteiger partial charge in [-0.1, -0.05) is 13.3 Å². The summed E-state index contributed by atoms with van der Waals surface area (Å²) in [5.41, 5.74) is 5.65. The van der Waals surface area contributed by atoms with Crippen molar-refractivity contribution in [2.45, 2.75) is 46.2 Å². The lowest BCUT2D eigenvalue weighted by Crippen LogP contribution is -2.35. The molecule has 0 spiro atoms. The molecule has 30 heavy (non-hydrogen) atoms. The van der Waals surface area contributed by atoms with E-state index >= 15 is 0 Å². The van der Waals surface area contributed by atoms with E-state index in [0.717, 1.165) is 12.8 Å². The lowest BCUT2D eigenvalue weighted by Gasteiger charge is -2.23. The first-order chi connectivity index (χ1) is 14.3. The summed E-state index contributed by atoms with van der Waals surface area (Å²) < 4.78 is 30.7. The summed E-state index contributed by atoms with van der Waals surface area (Å²) >= 11 is 0. The fourth-order valence-corrected chi connectivity index (χ4v) is 4.28. The van der Waals surface area contributed by atoms with E-state index in [9.17, 15) is 14.2 Å². The molecule has 0 fully saturated rings. The Morgan fingerprint density at radius 1 is 1.40 bits per heavy atom. The topological polar surface area (TPSA) is 163 Å². The minimum atomic E-state index is -3.44. The SMILES string of the molecule is CCCCOP(=O)(COCCn1cnc2c(=O)[nH]c(N)nc21)N[C@H](C)C(=O)OCC. The van der Waals surface area contributed by atoms with Gasteiger partial charge in [0.05, 0.1) is 26.1 Å². The molecule has 0 aliphatic carbocycles. The number of hydrogen-bond donors (Lipinski definition) is 3. The van der Waals surface area contributed by atoms with Crippen LogP contribution in [0, 0.1) is 0 Å². The van der Waals surface area contributed by atoms with Crippen molar-refractivity contribution in [2.75, 3.05) is 31.9 Å². The van der Waals surface area contributed by atoms with E-state index in [2.05, 4.69) is 20.0 Å². The van der Waals surface area contributed by atoms with E-state index in [1.54, 1.807) is 18.4 Å². The highest BCUT2D eigenvalue weighted by Crippen LogP contribution is 2.43. The van der Waals surface area contributed by atoms with Gasteiger partial charge in [0.1, 0.15) is 12.4 Å². The van der Waals surface area contributed by atoms with Crippen molar-refractivity contribution < 1.29 is 23.4 Å². The van der Waals surface area contributed by atoms with E-state index in [1.165, 1.54) is 6.33 Å². The molecule has 13 heteroatoms. The van der Waals surface area contributed by atoms with Gasteiger partial charge in [-0.15, -0.1) is 0 Å². The number of hydrogen-bond acceptors (Lipinski definition) is 9. The van der Waals surface area contributed by atoms with Crippen LogP contribution in [0.15, 0.2) is 11.1 Å². The molecule has 2 aromatic heterocycles. The number of nitrogen functional groups attached to an aromatic ring is 1. The summed E-state index contributed by atoms with van der Waals surface area (Å²) in [7, 11) is -3.44. The Labute approximate surface area is 174 Å². The van der Waals surface area contributed by atoms with Crippen molar-refractivity contribution in [1.29, 1.82) is 0 Å². The Balaban J connectivity index is 1.97. The second-order valence-corrected chi connectivity index (χ2v) is 8.68. The summed E-state index contributed by atoms with van der Waals surface area (Å²) in [6, 6.07) is -0.808. The molecule has 0 radical (unpaired) electrons. The molecule has 168 valence electrons. The van der Waals surface area contributed by atoms with Gasteiger partial charge in [-0.25, -0.2) is 10.1 Å². The quantitative estimate of drug-likeness (QED) is 0.232. The summed E-state index contributed by atoms with van der Waals surface area (Å²) in [5, 5.41) is 2.72. The standard InChI is InChI=1S/C17H29N6O6P/c1-4-6-8-29-30(26,22-12(3)16(25)28-5-2)11-27-9-7-23-10-19-13-14(23)20-17(18)21-15(13)24/h10,12H,4-9,11H2,1-3H3,(H,22,26)(H3,18,20,21,24)/t12-,30?/m1/s1. The number of esters is 1. The maximum Gasteiger partial charge on any atom is 0.323 e. The van der Waals surface area contributed by atoms with Crippen LogP contribution in [-0.2, 0) is 29.9 Å². The number of rotatable bonds is 13. The number of imidazole rings is 1. The molecule has 2 atom stereocenters. The Morgan fingerprint density at radius 2 is 2.17 bits per heavy atom. The monoisotopic (exact) mass is 444 g/mol. The van der Waals surface area contributed by atoms with Crippen LogP contribution < -0.4 is 16.4 Å². The molecule has 0 aliphatic rings. The van der Waals surface area contributed by atoms with Crippen molar-refractivity contribution in [2.24, 2.45) is 0 Å². The first-order valence-electron chi connectivity index (χ1n) is 9.76. The zero-order valence-electron chi connectivity index (χ0n) is 17.4. The third kappa shape index (κ3) is 6.63. The molecule has 0 aliphatic heterocycles. The normalized spacial score (nSPS) is 14.5. The minimum absolute atomic E-state index is 0.0128. The first kappa shape index (κ1) is 24.0. The van der Waals surface area contributed by atoms with Crippen LogP contribution in [0.3, 0.4) is 0 Å². The van der Waals surface area contributed by atoms with Gasteiger partial charge in [0.25, 0.3) is 13.1 Å². The largest absolute Gasteiger partial charge is 0.465 e. The van der Waals surface area contributed by atoms with Crippen LogP contribution in [0.25, 0.3) is 11.2 Å². The molecule has 12 nitrogen and oxygen atoms in total. The Hall–Kier alpha value is -2.27. The molecule has 0 bridgehead atoms. The predicted molar refractivity (Wildman–Crippen MR) is 111 cm³/mol. The Kier molecular flexibility index (Phi) is 8.97. The third-order valence-corrected chi connectivity index (χ3v) is 5.96. The number of fused-ring (bicyclic) bond motifs is 1. The molecule has 2 heterocycles. The number of aromatic nitrogens is 4. The first-order valence-corrected chi connectivity index (χ1v) is 11.6. The van der Waals surface area contributed by atoms with Crippen LogP contribution in [0.1, 0.15) is 33.6 Å². The lowest BCUT2D eigenvalue weighted by atomic mass is 10.4. The summed E-state index contributed by atoms with van der Waals surface area (Å²) in [5.74, 6) is -0.531. The zero-order valence-corrected chi connectivity index (χ0v) is 18.3. The average Bonchev–Trinajstić information content (AvgIpc) is 3.09. The van der Waals surface area contributed by atoms with Crippen molar-refractivity contribution >= 4 is 30.6 Å². The number of nitrogens with one attached hydrogen (secondary N) is 2. The molecule has 0 aromatic carbocycles. The van der Waals surface area contributed by atoms with Crippen molar-refractivity contribution in [3.63, 3.8) is 0 Å². The number of nitrogens with two attached hydrogens (primary N) is 1. The fraction of sp³-hybridized carbons (Fsp3) is 0.647. The number of ether oxygens (including phenoxy) is 2. The Morgan fingerprint density at radius 3 is 2.87 bits per heavy atom. The molecule has 0 saturated carbocycles. The second-order valence-electron chi connectivity index (χ2n) is 6.56. The van der Waals surface area contributed by atoms with E-state index in [0.29, 0.717) is 12.2 Å². The molecular formula is C17H29N6O6P. The second kappa shape index (κ2) is 11.2. The van der Waals surface area contributed by atoms with Gasteiger partial charge in [-0.2, -0.15) is 4.98 Å². The molecule has 0 amide bonds. The van der Waals surface area contributed by atoms with Crippen LogP contribution in [0.4, 0.5) is 5.95 Å². The smallest absolute Gasteiger partial charge is 0.323 e. The van der Waals surface area contributed by atoms with Crippen molar-refractivity contribution in [1.82, 2.24) is 24.6 Å². The van der Waals surface area contributed by atoms with Gasteiger partial charge in [-0.3, -0.25) is 19.1 Å². The third-order valence-electron chi connectivity index (χ3n) is 4.06. The van der Waals surface area contributed by atoms with Gasteiger partial charge in [-0.05, 0) is 20.3 Å². The zero-order chi connectivity index (χ0) is 22.1. The molecule has 2 aromatic rings. The van der Waals surface area contributed by atoms with Crippen LogP contribution in [0.2, 0.25) is 0 Å². The van der Waals surface area contributed by atoms with Crippen LogP contribution in [-0.4, -0.2) is 57.7 Å². The number of carbonyl (C=O) groups excluding carboxylic acids is 1. The maximum atomic E-state index is 13.1. The number of nitrogens with zero attached hydrogens (tertiary/aromatic N) is 3. The summed E-state index contributed by atoms with van der Waals surface area (Å²) in [4.78, 5) is 34.1. The number of H-pyrrole nitrogens is 1. The lowest BCUT2D eigenvalue weighted by molar-refractivity contribution is -0.144. The van der Waals surface area contributed by atoms with Crippen LogP contribution >= 0.6 is 7.52 Å². The average molecular weight is 444 g/mol. The molecule has 1 unspecified atom stereocenters. The van der Waals surface area contributed by atoms with Gasteiger partial charge in [0.15, 0.2) is 11.2 Å². The molecule has 4 N–H and O–H groups in total. The minimum Gasteiger partial charge on any atom is -0.465 e. The van der Waals surface area contributed by atoms with E-state index in [1.807, 2.05) is 6.92 Å². The highest BCUT2D eigenvalue weighted by molar-refractivity contribution is 7.56. The number of anilines is 1. The fourth-order valence-electron chi connectivity index (χ4n) is 2.57. The maximum absolute atomic E-state index is 13.1. The van der Waals surface area contributed by atoms with Gasteiger partial charge in [0.2, 0.25) is 5.95 Å². The van der Waals surface area contributed by atoms with Crippen LogP contribution in [0.5, 0.6) is 0 Å². The van der Waals surface area contributed by atoms with Crippen molar-refractivity contribution in [3.05, 3.63) is 16.7 Å². The number of unbranched alkanes of at least 4 members (excludes halogenated alkanes) is 1. The summed E-state index contributed by atoms with van der Waals surface area (Å²) in [6.07, 6.45) is 2.82. The van der Waals surface area contributed by atoms with Gasteiger partial charge >= 0.3 is 5.97 Å². The highest BCUT2D eigenvalue weighted by atomic mass is 31.2. The van der Waals surface area contributed by atoms with E-state index < -0.39 is 25.1 Å². The number of aromatic amines is 1. The predicted octanol–water partition coefficient (Wildman–Crippen LogP) is 1.23. The Bertz CT molecular complexity index is 944. The molecule has 2 rings (SSSR count). The summed E-state index contributed by atoms with van der Waals surface area (Å²) in [6.45, 7) is 6.19. The van der Waals surface area contributed by atoms with E-state index in [-0.39, 0.29) is 37.6 Å². The van der Waals surface area contributed by atoms with Crippen molar-refractivity contribution in [3.8, 4) is 0 Å². The highest BCUT2D eigenvalue weighted by Gasteiger charge is 2.29. The van der Waals surface area contributed by atoms with Gasteiger partial charge in [0, 0.05) is 6.54 Å². The van der Waals surface area contributed by atoms with Gasteiger partial charge < -0.3 is 24.3 Å². The molecule has 0 saturated heterocycles. The van der Waals surface area contributed by atoms with E-state index in [4.69, 9.17) is 19.7 Å².